The number of hydrogen-bond donors (Lipinski definition) is 5. The van der Waals surface area contributed by atoms with Crippen LogP contribution in [0.3, 0.4) is 0 Å². The Labute approximate surface area is 249 Å². The van der Waals surface area contributed by atoms with Crippen LogP contribution in [-0.2, 0) is 0 Å². The van der Waals surface area contributed by atoms with Crippen molar-refractivity contribution in [3.8, 4) is 56.7 Å². The summed E-state index contributed by atoms with van der Waals surface area (Å²) >= 11 is 0. The predicted molar refractivity (Wildman–Crippen MR) is 171 cm³/mol. The van der Waals surface area contributed by atoms with Crippen LogP contribution in [0.15, 0.2) is 109 Å². The van der Waals surface area contributed by atoms with Crippen molar-refractivity contribution >= 4 is 43.4 Å². The van der Waals surface area contributed by atoms with Crippen LogP contribution in [0.1, 0.15) is 0 Å². The van der Waals surface area contributed by atoms with Gasteiger partial charge in [0.1, 0.15) is 5.52 Å². The second-order valence-electron chi connectivity index (χ2n) is 10.6. The van der Waals surface area contributed by atoms with Gasteiger partial charge in [-0.3, -0.25) is 0 Å². The summed E-state index contributed by atoms with van der Waals surface area (Å²) in [4.78, 5) is 0. The van der Waals surface area contributed by atoms with E-state index in [1.807, 2.05) is 95.7 Å². The standard InChI is InChI=1S/C36H23N3O5/c40-32-31(33(41)35(43)36(44)34(32)42)30-23-13-5-3-11-21(23)29(22-12-4-6-14-24(22)30)25-17-18-27(20-10-2-1-9-19(20)25)39-28-16-8-7-15-26(28)37-38-39/h1-18,40-44H. The molecule has 44 heavy (non-hydrogen) atoms. The normalized spacial score (nSPS) is 11.6. The molecule has 0 radical (unpaired) electrons. The predicted octanol–water partition coefficient (Wildman–Crippen LogP) is 7.74. The highest BCUT2D eigenvalue weighted by Gasteiger charge is 2.28. The van der Waals surface area contributed by atoms with Crippen molar-refractivity contribution in [3.05, 3.63) is 109 Å². The molecule has 0 amide bonds. The fraction of sp³-hybridized carbons (Fsp3) is 0. The third-order valence-corrected chi connectivity index (χ3v) is 8.30. The number of benzene rings is 7. The van der Waals surface area contributed by atoms with E-state index in [1.165, 1.54) is 0 Å². The van der Waals surface area contributed by atoms with Gasteiger partial charge in [0.2, 0.25) is 17.2 Å². The lowest BCUT2D eigenvalue weighted by Gasteiger charge is -2.21. The van der Waals surface area contributed by atoms with E-state index in [2.05, 4.69) is 28.5 Å². The van der Waals surface area contributed by atoms with Gasteiger partial charge in [0.25, 0.3) is 0 Å². The Balaban J connectivity index is 1.50. The molecule has 8 heteroatoms. The Hall–Kier alpha value is -6.28. The zero-order chi connectivity index (χ0) is 30.1. The smallest absolute Gasteiger partial charge is 0.208 e. The summed E-state index contributed by atoms with van der Waals surface area (Å²) in [5, 5.41) is 66.6. The van der Waals surface area contributed by atoms with E-state index in [4.69, 9.17) is 0 Å². The Morgan fingerprint density at radius 3 is 1.50 bits per heavy atom. The molecule has 0 aliphatic rings. The zero-order valence-electron chi connectivity index (χ0n) is 23.0. The third kappa shape index (κ3) is 3.45. The number of para-hydroxylation sites is 1. The fourth-order valence-electron chi connectivity index (χ4n) is 6.34. The van der Waals surface area contributed by atoms with Gasteiger partial charge in [0, 0.05) is 10.9 Å². The number of aromatic hydroxyl groups is 5. The van der Waals surface area contributed by atoms with Gasteiger partial charge < -0.3 is 25.5 Å². The molecule has 0 atom stereocenters. The molecule has 0 spiro atoms. The molecule has 0 bridgehead atoms. The second-order valence-corrected chi connectivity index (χ2v) is 10.6. The van der Waals surface area contributed by atoms with Gasteiger partial charge in [0.15, 0.2) is 11.5 Å². The number of nitrogens with zero attached hydrogens (tertiary/aromatic N) is 3. The Kier molecular flexibility index (Phi) is 5.41. The Bertz CT molecular complexity index is 2380. The summed E-state index contributed by atoms with van der Waals surface area (Å²) in [6.07, 6.45) is 0. The summed E-state index contributed by atoms with van der Waals surface area (Å²) in [6.45, 7) is 0. The summed E-state index contributed by atoms with van der Waals surface area (Å²) in [5.41, 5.74) is 4.67. The van der Waals surface area contributed by atoms with Crippen molar-refractivity contribution in [3.63, 3.8) is 0 Å². The van der Waals surface area contributed by atoms with Crippen LogP contribution in [0.4, 0.5) is 0 Å². The molecule has 0 fully saturated rings. The van der Waals surface area contributed by atoms with Gasteiger partial charge in [-0.2, -0.15) is 0 Å². The zero-order valence-corrected chi connectivity index (χ0v) is 23.0. The van der Waals surface area contributed by atoms with Gasteiger partial charge in [0.05, 0.1) is 16.8 Å². The average molecular weight is 578 g/mol. The van der Waals surface area contributed by atoms with Crippen LogP contribution < -0.4 is 0 Å². The Morgan fingerprint density at radius 1 is 0.409 bits per heavy atom. The van der Waals surface area contributed by atoms with Crippen molar-refractivity contribution in [1.29, 1.82) is 0 Å². The quantitative estimate of drug-likeness (QED) is 0.0824. The number of fused-ring (bicyclic) bond motifs is 4. The first kappa shape index (κ1) is 25.4. The highest BCUT2D eigenvalue weighted by atomic mass is 16.4. The van der Waals surface area contributed by atoms with E-state index in [0.717, 1.165) is 49.4 Å². The molecule has 0 aliphatic heterocycles. The van der Waals surface area contributed by atoms with E-state index in [0.29, 0.717) is 16.3 Å². The number of aromatic nitrogens is 3. The molecule has 1 aromatic heterocycles. The molecule has 0 saturated carbocycles. The topological polar surface area (TPSA) is 132 Å². The molecular formula is C36H23N3O5. The van der Waals surface area contributed by atoms with Gasteiger partial charge in [-0.25, -0.2) is 4.68 Å². The van der Waals surface area contributed by atoms with E-state index >= 15 is 0 Å². The number of phenols is 5. The summed E-state index contributed by atoms with van der Waals surface area (Å²) in [7, 11) is 0. The minimum atomic E-state index is -0.999. The summed E-state index contributed by atoms with van der Waals surface area (Å²) in [6, 6.07) is 35.2. The first-order chi connectivity index (χ1) is 21.5. The second kappa shape index (κ2) is 9.37. The molecule has 0 aliphatic carbocycles. The number of hydrogen-bond acceptors (Lipinski definition) is 7. The lowest BCUT2D eigenvalue weighted by Crippen LogP contribution is -1.99. The maximum Gasteiger partial charge on any atom is 0.208 e. The van der Waals surface area contributed by atoms with Crippen molar-refractivity contribution in [2.75, 3.05) is 0 Å². The molecule has 5 N–H and O–H groups in total. The first-order valence-corrected chi connectivity index (χ1v) is 13.9. The SMILES string of the molecule is Oc1c(O)c(O)c(-c2c3ccccc3c(-c3ccc(-n4nnc5ccccc54)c4ccccc34)c3ccccc23)c(O)c1O. The Morgan fingerprint density at radius 2 is 0.886 bits per heavy atom. The van der Waals surface area contributed by atoms with Gasteiger partial charge in [-0.15, -0.1) is 5.10 Å². The van der Waals surface area contributed by atoms with E-state index in [9.17, 15) is 25.5 Å². The lowest BCUT2D eigenvalue weighted by atomic mass is 9.84. The van der Waals surface area contributed by atoms with Crippen molar-refractivity contribution in [1.82, 2.24) is 15.0 Å². The van der Waals surface area contributed by atoms with Crippen LogP contribution in [0, 0.1) is 0 Å². The molecule has 0 saturated heterocycles. The minimum Gasteiger partial charge on any atom is -0.504 e. The van der Waals surface area contributed by atoms with Gasteiger partial charge in [-0.05, 0) is 56.3 Å². The van der Waals surface area contributed by atoms with Crippen LogP contribution >= 0.6 is 0 Å². The van der Waals surface area contributed by atoms with E-state index < -0.39 is 28.7 Å². The average Bonchev–Trinajstić information content (AvgIpc) is 3.50. The lowest BCUT2D eigenvalue weighted by molar-refractivity contribution is 0.330. The molecule has 7 aromatic carbocycles. The highest BCUT2D eigenvalue weighted by molar-refractivity contribution is 6.24. The molecule has 8 aromatic rings. The van der Waals surface area contributed by atoms with Crippen LogP contribution in [0.25, 0.3) is 71.3 Å². The van der Waals surface area contributed by atoms with E-state index in [-0.39, 0.29) is 5.56 Å². The summed E-state index contributed by atoms with van der Waals surface area (Å²) < 4.78 is 1.84. The van der Waals surface area contributed by atoms with Crippen molar-refractivity contribution < 1.29 is 25.5 Å². The maximum atomic E-state index is 11.0. The number of phenolic OH excluding ortho intramolecular Hbond substituents is 5. The van der Waals surface area contributed by atoms with Crippen LogP contribution in [0.5, 0.6) is 28.7 Å². The third-order valence-electron chi connectivity index (χ3n) is 8.30. The largest absolute Gasteiger partial charge is 0.504 e. The van der Waals surface area contributed by atoms with Crippen molar-refractivity contribution in [2.45, 2.75) is 0 Å². The molecule has 0 unspecified atom stereocenters. The van der Waals surface area contributed by atoms with Gasteiger partial charge >= 0.3 is 0 Å². The van der Waals surface area contributed by atoms with E-state index in [1.54, 1.807) is 0 Å². The highest BCUT2D eigenvalue weighted by Crippen LogP contribution is 2.57. The number of rotatable bonds is 3. The molecule has 8 rings (SSSR count). The monoisotopic (exact) mass is 577 g/mol. The first-order valence-electron chi connectivity index (χ1n) is 13.9. The minimum absolute atomic E-state index is 0.185. The molecule has 1 heterocycles. The van der Waals surface area contributed by atoms with Crippen LogP contribution in [0.2, 0.25) is 0 Å². The molecular weight excluding hydrogens is 554 g/mol. The fourth-order valence-corrected chi connectivity index (χ4v) is 6.34. The molecule has 8 nitrogen and oxygen atoms in total. The van der Waals surface area contributed by atoms with Crippen LogP contribution in [-0.4, -0.2) is 40.5 Å². The van der Waals surface area contributed by atoms with Crippen molar-refractivity contribution in [2.24, 2.45) is 0 Å². The summed E-state index contributed by atoms with van der Waals surface area (Å²) in [5.74, 6) is -4.32. The maximum absolute atomic E-state index is 11.0. The molecule has 212 valence electrons. The van der Waals surface area contributed by atoms with Gasteiger partial charge in [-0.1, -0.05) is 96.2 Å².